The van der Waals surface area contributed by atoms with Crippen LogP contribution < -0.4 is 10.2 Å². The maximum Gasteiger partial charge on any atom is 0.239 e. The molecule has 0 spiro atoms. The van der Waals surface area contributed by atoms with Gasteiger partial charge in [0.2, 0.25) is 5.91 Å². The number of fused-ring (bicyclic) bond motifs is 3. The number of rotatable bonds is 0. The third-order valence-corrected chi connectivity index (χ3v) is 3.71. The smallest absolute Gasteiger partial charge is 0.239 e. The Balaban J connectivity index is 2.03. The number of nitrogens with zero attached hydrogens (tertiary/aromatic N) is 1. The molecule has 1 N–H and O–H groups in total. The highest BCUT2D eigenvalue weighted by Gasteiger charge is 2.31. The summed E-state index contributed by atoms with van der Waals surface area (Å²) in [5.41, 5.74) is 4.04. The molecule has 0 aliphatic carbocycles. The summed E-state index contributed by atoms with van der Waals surface area (Å²) in [5.74, 6) is 0.144. The summed E-state index contributed by atoms with van der Waals surface area (Å²) in [7, 11) is 0. The highest BCUT2D eigenvalue weighted by atomic mass is 16.2. The number of hydrogen-bond donors (Lipinski definition) is 1. The first-order valence-electron chi connectivity index (χ1n) is 5.87. The van der Waals surface area contributed by atoms with E-state index in [1.807, 2.05) is 0 Å². The minimum absolute atomic E-state index is 0.144. The molecular weight excluding hydrogens is 200 g/mol. The predicted octanol–water partition coefficient (Wildman–Crippen LogP) is 1.25. The second-order valence-electron chi connectivity index (χ2n) is 4.70. The molecule has 0 radical (unpaired) electrons. The Morgan fingerprint density at radius 3 is 3.19 bits per heavy atom. The molecule has 0 bridgehead atoms. The summed E-state index contributed by atoms with van der Waals surface area (Å²) in [6.07, 6.45) is 2.29. The first-order chi connectivity index (χ1) is 7.75. The lowest BCUT2D eigenvalue weighted by atomic mass is 9.91. The van der Waals surface area contributed by atoms with Crippen LogP contribution in [0.1, 0.15) is 17.5 Å². The Hall–Kier alpha value is -1.51. The van der Waals surface area contributed by atoms with E-state index >= 15 is 0 Å². The minimum atomic E-state index is 0.144. The SMILES string of the molecule is Cc1cccc2c1CCC1CNC(=O)CN21. The predicted molar refractivity (Wildman–Crippen MR) is 63.6 cm³/mol. The molecule has 2 aliphatic heterocycles. The number of benzene rings is 1. The van der Waals surface area contributed by atoms with Crippen LogP contribution in [-0.2, 0) is 11.2 Å². The maximum absolute atomic E-state index is 11.5. The van der Waals surface area contributed by atoms with Crippen molar-refractivity contribution < 1.29 is 4.79 Å². The fourth-order valence-corrected chi connectivity index (χ4v) is 2.81. The zero-order valence-electron chi connectivity index (χ0n) is 9.49. The van der Waals surface area contributed by atoms with Crippen molar-refractivity contribution in [1.29, 1.82) is 0 Å². The van der Waals surface area contributed by atoms with Crippen molar-refractivity contribution in [3.05, 3.63) is 29.3 Å². The number of piperazine rings is 1. The topological polar surface area (TPSA) is 32.3 Å². The molecule has 1 aromatic rings. The van der Waals surface area contributed by atoms with Crippen molar-refractivity contribution in [3.63, 3.8) is 0 Å². The molecule has 84 valence electrons. The van der Waals surface area contributed by atoms with Gasteiger partial charge in [-0.2, -0.15) is 0 Å². The third kappa shape index (κ3) is 1.39. The number of nitrogens with one attached hydrogen (secondary N) is 1. The van der Waals surface area contributed by atoms with E-state index in [4.69, 9.17) is 0 Å². The Morgan fingerprint density at radius 2 is 2.31 bits per heavy atom. The van der Waals surface area contributed by atoms with Crippen LogP contribution >= 0.6 is 0 Å². The van der Waals surface area contributed by atoms with Gasteiger partial charge >= 0.3 is 0 Å². The van der Waals surface area contributed by atoms with Gasteiger partial charge in [0.05, 0.1) is 6.54 Å². The fourth-order valence-electron chi connectivity index (χ4n) is 2.81. The normalized spacial score (nSPS) is 23.4. The molecule has 3 heteroatoms. The molecular formula is C13H16N2O. The number of amides is 1. The molecule has 1 aromatic carbocycles. The average Bonchev–Trinajstić information content (AvgIpc) is 2.29. The van der Waals surface area contributed by atoms with E-state index in [1.165, 1.54) is 16.8 Å². The van der Waals surface area contributed by atoms with E-state index in [-0.39, 0.29) is 5.91 Å². The van der Waals surface area contributed by atoms with E-state index < -0.39 is 0 Å². The third-order valence-electron chi connectivity index (χ3n) is 3.71. The Kier molecular flexibility index (Phi) is 2.13. The largest absolute Gasteiger partial charge is 0.357 e. The van der Waals surface area contributed by atoms with Gasteiger partial charge in [-0.25, -0.2) is 0 Å². The van der Waals surface area contributed by atoms with E-state index in [0.717, 1.165) is 19.4 Å². The van der Waals surface area contributed by atoms with Gasteiger partial charge in [0.25, 0.3) is 0 Å². The van der Waals surface area contributed by atoms with Crippen LogP contribution in [0.2, 0.25) is 0 Å². The fraction of sp³-hybridized carbons (Fsp3) is 0.462. The number of hydrogen-bond acceptors (Lipinski definition) is 2. The highest BCUT2D eigenvalue weighted by Crippen LogP contribution is 2.33. The van der Waals surface area contributed by atoms with Crippen molar-refractivity contribution in [3.8, 4) is 0 Å². The Labute approximate surface area is 95.4 Å². The van der Waals surface area contributed by atoms with Crippen LogP contribution in [0.3, 0.4) is 0 Å². The average molecular weight is 216 g/mol. The quantitative estimate of drug-likeness (QED) is 0.708. The van der Waals surface area contributed by atoms with Gasteiger partial charge in [-0.15, -0.1) is 0 Å². The zero-order chi connectivity index (χ0) is 11.1. The second kappa shape index (κ2) is 3.51. The van der Waals surface area contributed by atoms with Gasteiger partial charge in [0.15, 0.2) is 0 Å². The van der Waals surface area contributed by atoms with E-state index in [1.54, 1.807) is 0 Å². The lowest BCUT2D eigenvalue weighted by Crippen LogP contribution is -2.56. The molecule has 1 amide bonds. The van der Waals surface area contributed by atoms with Crippen molar-refractivity contribution in [2.24, 2.45) is 0 Å². The Bertz CT molecular complexity index is 442. The molecule has 3 rings (SSSR count). The number of aryl methyl sites for hydroxylation is 1. The molecule has 16 heavy (non-hydrogen) atoms. The molecule has 1 unspecified atom stereocenters. The van der Waals surface area contributed by atoms with Crippen LogP contribution in [0, 0.1) is 6.92 Å². The molecule has 1 fully saturated rings. The maximum atomic E-state index is 11.5. The summed E-state index contributed by atoms with van der Waals surface area (Å²) in [6, 6.07) is 6.88. The summed E-state index contributed by atoms with van der Waals surface area (Å²) in [6.45, 7) is 3.47. The molecule has 1 atom stereocenters. The minimum Gasteiger partial charge on any atom is -0.357 e. The summed E-state index contributed by atoms with van der Waals surface area (Å²) >= 11 is 0. The summed E-state index contributed by atoms with van der Waals surface area (Å²) in [5, 5.41) is 2.95. The molecule has 0 saturated carbocycles. The first kappa shape index (κ1) is 9.70. The van der Waals surface area contributed by atoms with Gasteiger partial charge in [0.1, 0.15) is 0 Å². The lowest BCUT2D eigenvalue weighted by molar-refractivity contribution is -0.120. The number of carbonyl (C=O) groups excluding carboxylic acids is 1. The van der Waals surface area contributed by atoms with Crippen LogP contribution in [0.25, 0.3) is 0 Å². The van der Waals surface area contributed by atoms with Crippen molar-refractivity contribution >= 4 is 11.6 Å². The van der Waals surface area contributed by atoms with Crippen molar-refractivity contribution in [1.82, 2.24) is 5.32 Å². The summed E-state index contributed by atoms with van der Waals surface area (Å²) in [4.78, 5) is 13.7. The van der Waals surface area contributed by atoms with Crippen LogP contribution in [0.5, 0.6) is 0 Å². The van der Waals surface area contributed by atoms with Gasteiger partial charge in [0, 0.05) is 18.3 Å². The van der Waals surface area contributed by atoms with Crippen LogP contribution in [0.4, 0.5) is 5.69 Å². The number of anilines is 1. The molecule has 1 saturated heterocycles. The zero-order valence-corrected chi connectivity index (χ0v) is 9.49. The lowest BCUT2D eigenvalue weighted by Gasteiger charge is -2.42. The van der Waals surface area contributed by atoms with Gasteiger partial charge in [-0.3, -0.25) is 4.79 Å². The molecule has 2 heterocycles. The first-order valence-corrected chi connectivity index (χ1v) is 5.87. The van der Waals surface area contributed by atoms with Crippen molar-refractivity contribution in [2.75, 3.05) is 18.0 Å². The van der Waals surface area contributed by atoms with Crippen molar-refractivity contribution in [2.45, 2.75) is 25.8 Å². The monoisotopic (exact) mass is 216 g/mol. The van der Waals surface area contributed by atoms with Gasteiger partial charge < -0.3 is 10.2 Å². The molecule has 3 nitrogen and oxygen atoms in total. The molecule has 0 aromatic heterocycles. The highest BCUT2D eigenvalue weighted by molar-refractivity contribution is 5.83. The van der Waals surface area contributed by atoms with E-state index in [0.29, 0.717) is 12.6 Å². The standard InChI is InChI=1S/C13H16N2O/c1-9-3-2-4-12-11(9)6-5-10-7-14-13(16)8-15(10)12/h2-4,10H,5-8H2,1H3,(H,14,16). The van der Waals surface area contributed by atoms with Gasteiger partial charge in [-0.1, -0.05) is 12.1 Å². The van der Waals surface area contributed by atoms with Crippen LogP contribution in [-0.4, -0.2) is 25.0 Å². The molecule has 2 aliphatic rings. The van der Waals surface area contributed by atoms with E-state index in [2.05, 4.69) is 35.3 Å². The van der Waals surface area contributed by atoms with Crippen LogP contribution in [0.15, 0.2) is 18.2 Å². The van der Waals surface area contributed by atoms with E-state index in [9.17, 15) is 4.79 Å². The number of carbonyl (C=O) groups is 1. The second-order valence-corrected chi connectivity index (χ2v) is 4.70. The summed E-state index contributed by atoms with van der Waals surface area (Å²) < 4.78 is 0. The van der Waals surface area contributed by atoms with Gasteiger partial charge in [-0.05, 0) is 37.0 Å². The Morgan fingerprint density at radius 1 is 1.44 bits per heavy atom.